The Morgan fingerprint density at radius 3 is 2.77 bits per heavy atom. The number of benzene rings is 1. The van der Waals surface area contributed by atoms with Gasteiger partial charge in [-0.2, -0.15) is 16.9 Å². The Morgan fingerprint density at radius 1 is 1.19 bits per heavy atom. The number of H-pyrrole nitrogens is 1. The summed E-state index contributed by atoms with van der Waals surface area (Å²) in [7, 11) is 0. The van der Waals surface area contributed by atoms with Crippen molar-refractivity contribution in [3.8, 4) is 11.4 Å². The molecule has 1 aromatic carbocycles. The number of hydrogen-bond acceptors (Lipinski definition) is 5. The second-order valence-electron chi connectivity index (χ2n) is 8.69. The average molecular weight is 436 g/mol. The van der Waals surface area contributed by atoms with E-state index in [2.05, 4.69) is 43.6 Å². The lowest BCUT2D eigenvalue weighted by atomic mass is 9.95. The highest BCUT2D eigenvalue weighted by atomic mass is 32.2. The van der Waals surface area contributed by atoms with Crippen LogP contribution in [0.3, 0.4) is 0 Å². The van der Waals surface area contributed by atoms with Crippen LogP contribution in [-0.2, 0) is 11.2 Å². The van der Waals surface area contributed by atoms with Crippen molar-refractivity contribution < 1.29 is 4.79 Å². The third kappa shape index (κ3) is 5.46. The minimum absolute atomic E-state index is 0.0495. The third-order valence-corrected chi connectivity index (χ3v) is 7.05. The number of nitrogens with one attached hydrogen (secondary N) is 2. The predicted octanol–water partition coefficient (Wildman–Crippen LogP) is 3.91. The molecule has 2 N–H and O–H groups in total. The maximum atomic E-state index is 12.8. The van der Waals surface area contributed by atoms with E-state index >= 15 is 0 Å². The largest absolute Gasteiger partial charge is 0.326 e. The standard InChI is InChI=1S/C24H29N5OS/c30-24(20-3-1-2-18(14-20)16-29-10-12-31-13-11-29)25-21-8-6-19(7-9-21)23-26-22(27-28-23)15-17-4-5-17/h1-2,6-9,14,17,20H,3-5,10-13,15-16H2,(H,25,30)(H,26,27,28). The van der Waals surface area contributed by atoms with Crippen LogP contribution in [0.5, 0.6) is 0 Å². The van der Waals surface area contributed by atoms with Gasteiger partial charge in [0.05, 0.1) is 5.92 Å². The first-order valence-electron chi connectivity index (χ1n) is 11.2. The van der Waals surface area contributed by atoms with E-state index in [0.717, 1.165) is 61.3 Å². The van der Waals surface area contributed by atoms with Gasteiger partial charge >= 0.3 is 0 Å². The molecule has 6 nitrogen and oxygen atoms in total. The zero-order valence-corrected chi connectivity index (χ0v) is 18.5. The normalized spacial score (nSPS) is 21.7. The lowest BCUT2D eigenvalue weighted by molar-refractivity contribution is -0.118. The van der Waals surface area contributed by atoms with Crippen LogP contribution in [0.1, 0.15) is 25.1 Å². The monoisotopic (exact) mass is 435 g/mol. The average Bonchev–Trinajstić information content (AvgIpc) is 3.49. The van der Waals surface area contributed by atoms with Crippen LogP contribution in [0.2, 0.25) is 0 Å². The van der Waals surface area contributed by atoms with E-state index in [1.807, 2.05) is 36.0 Å². The van der Waals surface area contributed by atoms with Crippen LogP contribution in [0, 0.1) is 11.8 Å². The van der Waals surface area contributed by atoms with Crippen LogP contribution in [0.15, 0.2) is 48.1 Å². The van der Waals surface area contributed by atoms with Crippen molar-refractivity contribution in [2.24, 2.45) is 11.8 Å². The molecule has 31 heavy (non-hydrogen) atoms. The lowest BCUT2D eigenvalue weighted by Crippen LogP contribution is -2.34. The molecule has 162 valence electrons. The molecular formula is C24H29N5OS. The van der Waals surface area contributed by atoms with E-state index in [9.17, 15) is 4.79 Å². The van der Waals surface area contributed by atoms with Crippen LogP contribution >= 0.6 is 11.8 Å². The number of aromatic amines is 1. The van der Waals surface area contributed by atoms with Crippen molar-refractivity contribution >= 4 is 23.4 Å². The van der Waals surface area contributed by atoms with Crippen molar-refractivity contribution in [2.45, 2.75) is 25.7 Å². The molecule has 1 unspecified atom stereocenters. The number of aromatic nitrogens is 3. The molecule has 1 amide bonds. The second-order valence-corrected chi connectivity index (χ2v) is 9.92. The minimum atomic E-state index is -0.114. The molecule has 7 heteroatoms. The summed E-state index contributed by atoms with van der Waals surface area (Å²) in [6, 6.07) is 7.80. The molecule has 1 atom stereocenters. The van der Waals surface area contributed by atoms with Gasteiger partial charge < -0.3 is 5.32 Å². The first-order valence-corrected chi connectivity index (χ1v) is 12.4. The number of rotatable bonds is 7. The number of hydrogen-bond donors (Lipinski definition) is 2. The van der Waals surface area contributed by atoms with Gasteiger partial charge in [-0.1, -0.05) is 18.2 Å². The number of carbonyl (C=O) groups excluding carboxylic acids is 1. The summed E-state index contributed by atoms with van der Waals surface area (Å²) in [6.45, 7) is 3.20. The molecular weight excluding hydrogens is 406 g/mol. The van der Waals surface area contributed by atoms with Crippen molar-refractivity contribution in [1.82, 2.24) is 20.1 Å². The molecule has 5 rings (SSSR count). The maximum Gasteiger partial charge on any atom is 0.231 e. The fourth-order valence-electron chi connectivity index (χ4n) is 4.10. The van der Waals surface area contributed by atoms with Gasteiger partial charge in [0.2, 0.25) is 5.91 Å². The Labute approximate surface area is 187 Å². The fraction of sp³-hybridized carbons (Fsp3) is 0.458. The Bertz CT molecular complexity index is 970. The predicted molar refractivity (Wildman–Crippen MR) is 126 cm³/mol. The van der Waals surface area contributed by atoms with Gasteiger partial charge in [-0.05, 0) is 55.0 Å². The van der Waals surface area contributed by atoms with Gasteiger partial charge in [-0.25, -0.2) is 4.98 Å². The summed E-state index contributed by atoms with van der Waals surface area (Å²) in [5, 5.41) is 10.5. The summed E-state index contributed by atoms with van der Waals surface area (Å²) in [5.74, 6) is 4.80. The van der Waals surface area contributed by atoms with E-state index in [-0.39, 0.29) is 11.8 Å². The maximum absolute atomic E-state index is 12.8. The number of carbonyl (C=O) groups is 1. The van der Waals surface area contributed by atoms with Crippen molar-refractivity contribution in [2.75, 3.05) is 36.5 Å². The molecule has 1 saturated heterocycles. The number of allylic oxidation sites excluding steroid dienone is 1. The quantitative estimate of drug-likeness (QED) is 0.690. The zero-order valence-electron chi connectivity index (χ0n) is 17.7. The van der Waals surface area contributed by atoms with Crippen LogP contribution in [0.4, 0.5) is 5.69 Å². The Kier molecular flexibility index (Phi) is 6.22. The van der Waals surface area contributed by atoms with Gasteiger partial charge in [-0.3, -0.25) is 14.8 Å². The highest BCUT2D eigenvalue weighted by Crippen LogP contribution is 2.32. The molecule has 3 aliphatic rings. The molecule has 0 spiro atoms. The molecule has 2 fully saturated rings. The third-order valence-electron chi connectivity index (χ3n) is 6.11. The van der Waals surface area contributed by atoms with Gasteiger partial charge in [0, 0.05) is 48.8 Å². The summed E-state index contributed by atoms with van der Waals surface area (Å²) < 4.78 is 0. The smallest absolute Gasteiger partial charge is 0.231 e. The van der Waals surface area contributed by atoms with E-state index in [4.69, 9.17) is 0 Å². The Balaban J connectivity index is 1.18. The van der Waals surface area contributed by atoms with E-state index in [1.165, 1.54) is 29.9 Å². The summed E-state index contributed by atoms with van der Waals surface area (Å²) in [4.78, 5) is 19.9. The van der Waals surface area contributed by atoms with Gasteiger partial charge in [-0.15, -0.1) is 0 Å². The van der Waals surface area contributed by atoms with Crippen molar-refractivity contribution in [3.05, 3.63) is 53.9 Å². The molecule has 1 aromatic heterocycles. The van der Waals surface area contributed by atoms with Gasteiger partial charge in [0.25, 0.3) is 0 Å². The molecule has 1 aliphatic heterocycles. The summed E-state index contributed by atoms with van der Waals surface area (Å²) >= 11 is 2.02. The highest BCUT2D eigenvalue weighted by molar-refractivity contribution is 7.99. The summed E-state index contributed by atoms with van der Waals surface area (Å²) in [5.41, 5.74) is 3.01. The minimum Gasteiger partial charge on any atom is -0.326 e. The van der Waals surface area contributed by atoms with E-state index < -0.39 is 0 Å². The highest BCUT2D eigenvalue weighted by Gasteiger charge is 2.23. The number of thioether (sulfide) groups is 1. The number of nitrogens with zero attached hydrogens (tertiary/aromatic N) is 3. The SMILES string of the molecule is O=C(Nc1ccc(-c2n[nH]c(CC3CC3)n2)cc1)C1C=C(CN2CCSCC2)C=CC1. The Hall–Kier alpha value is -2.38. The topological polar surface area (TPSA) is 73.9 Å². The fourth-order valence-corrected chi connectivity index (χ4v) is 5.08. The first kappa shape index (κ1) is 20.5. The van der Waals surface area contributed by atoms with Crippen LogP contribution < -0.4 is 5.32 Å². The molecule has 0 bridgehead atoms. The van der Waals surface area contributed by atoms with Crippen LogP contribution in [0.25, 0.3) is 11.4 Å². The molecule has 2 heterocycles. The lowest BCUT2D eigenvalue weighted by Gasteiger charge is -2.27. The van der Waals surface area contributed by atoms with Crippen molar-refractivity contribution in [1.29, 1.82) is 0 Å². The zero-order chi connectivity index (χ0) is 21.0. The van der Waals surface area contributed by atoms with Crippen LogP contribution in [-0.4, -0.2) is 57.1 Å². The van der Waals surface area contributed by atoms with Gasteiger partial charge in [0.1, 0.15) is 5.82 Å². The first-order chi connectivity index (χ1) is 15.2. The molecule has 0 radical (unpaired) electrons. The second kappa shape index (κ2) is 9.40. The number of anilines is 1. The Morgan fingerprint density at radius 2 is 2.00 bits per heavy atom. The number of amides is 1. The van der Waals surface area contributed by atoms with Crippen molar-refractivity contribution in [3.63, 3.8) is 0 Å². The van der Waals surface area contributed by atoms with E-state index in [0.29, 0.717) is 0 Å². The molecule has 1 saturated carbocycles. The molecule has 2 aliphatic carbocycles. The molecule has 2 aromatic rings. The van der Waals surface area contributed by atoms with Gasteiger partial charge in [0.15, 0.2) is 5.82 Å². The van der Waals surface area contributed by atoms with E-state index in [1.54, 1.807) is 0 Å². The summed E-state index contributed by atoms with van der Waals surface area (Å²) in [6.07, 6.45) is 10.8.